The van der Waals surface area contributed by atoms with Crippen LogP contribution in [0.1, 0.15) is 22.6 Å². The zero-order valence-corrected chi connectivity index (χ0v) is 13.0. The van der Waals surface area contributed by atoms with E-state index in [1.807, 2.05) is 18.2 Å². The van der Waals surface area contributed by atoms with Crippen LogP contribution in [0.2, 0.25) is 5.02 Å². The monoisotopic (exact) mass is 351 g/mol. The first kappa shape index (κ1) is 16.1. The summed E-state index contributed by atoms with van der Waals surface area (Å²) in [4.78, 5) is 12.0. The summed E-state index contributed by atoms with van der Waals surface area (Å²) in [5.74, 6) is -0.454. The van der Waals surface area contributed by atoms with Gasteiger partial charge in [0.15, 0.2) is 5.82 Å². The van der Waals surface area contributed by atoms with Gasteiger partial charge in [-0.2, -0.15) is 23.7 Å². The molecule has 0 unspecified atom stereocenters. The lowest BCUT2D eigenvalue weighted by atomic mass is 10.2. The van der Waals surface area contributed by atoms with Crippen molar-refractivity contribution in [3.63, 3.8) is 0 Å². The van der Waals surface area contributed by atoms with Crippen molar-refractivity contribution in [2.24, 2.45) is 0 Å². The van der Waals surface area contributed by atoms with E-state index >= 15 is 0 Å². The van der Waals surface area contributed by atoms with Crippen molar-refractivity contribution in [2.45, 2.75) is 13.1 Å². The fraction of sp³-hybridized carbons (Fsp3) is 0.133. The van der Waals surface area contributed by atoms with Gasteiger partial charge in [0.1, 0.15) is 5.69 Å². The van der Waals surface area contributed by atoms with Gasteiger partial charge >= 0.3 is 6.55 Å². The Balaban J connectivity index is 1.69. The van der Waals surface area contributed by atoms with Gasteiger partial charge in [0, 0.05) is 23.5 Å². The summed E-state index contributed by atoms with van der Waals surface area (Å²) in [7, 11) is 0. The molecular weight excluding hydrogens is 340 g/mol. The lowest BCUT2D eigenvalue weighted by Gasteiger charge is -2.06. The predicted molar refractivity (Wildman–Crippen MR) is 84.2 cm³/mol. The molecule has 0 atom stereocenters. The molecule has 124 valence electrons. The molecule has 24 heavy (non-hydrogen) atoms. The second-order valence-electron chi connectivity index (χ2n) is 4.92. The first-order chi connectivity index (χ1) is 11.5. The van der Waals surface area contributed by atoms with Crippen LogP contribution in [0, 0.1) is 0 Å². The average Bonchev–Trinajstić information content (AvgIpc) is 3.16. The Labute approximate surface area is 140 Å². The van der Waals surface area contributed by atoms with Gasteiger partial charge < -0.3 is 5.32 Å². The summed E-state index contributed by atoms with van der Waals surface area (Å²) in [6, 6.07) is 10.1. The number of amides is 1. The third kappa shape index (κ3) is 3.60. The summed E-state index contributed by atoms with van der Waals surface area (Å²) in [5, 5.41) is 10.7. The maximum absolute atomic E-state index is 12.7. The normalized spacial score (nSPS) is 11.0. The molecule has 1 N–H and O–H groups in total. The maximum Gasteiger partial charge on any atom is 0.333 e. The standard InChI is InChI=1S/C15H12ClF2N5O/c16-11-3-1-2-10(8-11)9-22-7-5-13(21-22)20-14(24)12-4-6-19-23(12)15(17)18/h1-8,15H,9H2,(H,20,21,24). The topological polar surface area (TPSA) is 64.7 Å². The number of benzene rings is 1. The van der Waals surface area contributed by atoms with E-state index in [1.165, 1.54) is 6.07 Å². The summed E-state index contributed by atoms with van der Waals surface area (Å²) < 4.78 is 27.4. The predicted octanol–water partition coefficient (Wildman–Crippen LogP) is 3.43. The number of hydrogen-bond donors (Lipinski definition) is 1. The Morgan fingerprint density at radius 2 is 2.12 bits per heavy atom. The van der Waals surface area contributed by atoms with Crippen molar-refractivity contribution in [3.8, 4) is 0 Å². The van der Waals surface area contributed by atoms with E-state index in [2.05, 4.69) is 15.5 Å². The highest BCUT2D eigenvalue weighted by Gasteiger charge is 2.18. The van der Waals surface area contributed by atoms with Crippen LogP contribution in [0.3, 0.4) is 0 Å². The third-order valence-corrected chi connectivity index (χ3v) is 3.44. The largest absolute Gasteiger partial charge is 0.333 e. The smallest absolute Gasteiger partial charge is 0.304 e. The van der Waals surface area contributed by atoms with Gasteiger partial charge in [-0.3, -0.25) is 9.48 Å². The molecule has 0 spiro atoms. The fourth-order valence-corrected chi connectivity index (χ4v) is 2.38. The molecule has 0 saturated heterocycles. The molecule has 0 fully saturated rings. The van der Waals surface area contributed by atoms with Crippen LogP contribution >= 0.6 is 11.6 Å². The minimum atomic E-state index is -2.89. The van der Waals surface area contributed by atoms with Crippen molar-refractivity contribution >= 4 is 23.3 Å². The molecule has 0 aliphatic heterocycles. The number of anilines is 1. The van der Waals surface area contributed by atoms with Crippen LogP contribution in [0.4, 0.5) is 14.6 Å². The molecule has 3 rings (SSSR count). The van der Waals surface area contributed by atoms with Crippen molar-refractivity contribution < 1.29 is 13.6 Å². The van der Waals surface area contributed by atoms with Gasteiger partial charge in [-0.15, -0.1) is 0 Å². The second kappa shape index (κ2) is 6.79. The van der Waals surface area contributed by atoms with Crippen LogP contribution < -0.4 is 5.32 Å². The summed E-state index contributed by atoms with van der Waals surface area (Å²) in [5.41, 5.74) is 0.702. The minimum absolute atomic E-state index is 0.241. The quantitative estimate of drug-likeness (QED) is 0.766. The van der Waals surface area contributed by atoms with Gasteiger partial charge in [0.2, 0.25) is 0 Å². The van der Waals surface area contributed by atoms with E-state index in [0.717, 1.165) is 11.8 Å². The molecule has 0 aliphatic carbocycles. The Kier molecular flexibility index (Phi) is 4.57. The SMILES string of the molecule is O=C(Nc1ccn(Cc2cccc(Cl)c2)n1)c1ccnn1C(F)F. The Hall–Kier alpha value is -2.74. The highest BCUT2D eigenvalue weighted by molar-refractivity contribution is 6.30. The van der Waals surface area contributed by atoms with Crippen LogP contribution in [0.25, 0.3) is 0 Å². The number of halogens is 3. The molecule has 0 radical (unpaired) electrons. The number of nitrogens with zero attached hydrogens (tertiary/aromatic N) is 4. The van der Waals surface area contributed by atoms with Crippen LogP contribution in [0.5, 0.6) is 0 Å². The second-order valence-corrected chi connectivity index (χ2v) is 5.36. The van der Waals surface area contributed by atoms with E-state index in [0.29, 0.717) is 16.2 Å². The van der Waals surface area contributed by atoms with E-state index in [9.17, 15) is 13.6 Å². The Morgan fingerprint density at radius 1 is 1.29 bits per heavy atom. The van der Waals surface area contributed by atoms with Gasteiger partial charge in [-0.25, -0.2) is 0 Å². The number of aromatic nitrogens is 4. The summed E-state index contributed by atoms with van der Waals surface area (Å²) >= 11 is 5.93. The zero-order valence-electron chi connectivity index (χ0n) is 12.2. The van der Waals surface area contributed by atoms with Gasteiger partial charge in [-0.1, -0.05) is 23.7 Å². The minimum Gasteiger partial charge on any atom is -0.304 e. The molecular formula is C15H12ClF2N5O. The van der Waals surface area contributed by atoms with Crippen molar-refractivity contribution in [2.75, 3.05) is 5.32 Å². The first-order valence-corrected chi connectivity index (χ1v) is 7.31. The summed E-state index contributed by atoms with van der Waals surface area (Å²) in [6.45, 7) is -2.42. The van der Waals surface area contributed by atoms with Crippen molar-refractivity contribution in [1.29, 1.82) is 0 Å². The molecule has 0 aliphatic rings. The molecule has 3 aromatic rings. The van der Waals surface area contributed by atoms with E-state index in [4.69, 9.17) is 11.6 Å². The summed E-state index contributed by atoms with van der Waals surface area (Å²) in [6.07, 6.45) is 2.81. The number of hydrogen-bond acceptors (Lipinski definition) is 3. The van der Waals surface area contributed by atoms with Crippen LogP contribution in [-0.4, -0.2) is 25.5 Å². The highest BCUT2D eigenvalue weighted by Crippen LogP contribution is 2.15. The Morgan fingerprint density at radius 3 is 2.88 bits per heavy atom. The maximum atomic E-state index is 12.7. The molecule has 0 bridgehead atoms. The lowest BCUT2D eigenvalue weighted by molar-refractivity contribution is 0.0520. The number of carbonyl (C=O) groups excluding carboxylic acids is 1. The van der Waals surface area contributed by atoms with Gasteiger partial charge in [-0.05, 0) is 23.8 Å². The molecule has 0 saturated carbocycles. The molecule has 2 heterocycles. The fourth-order valence-electron chi connectivity index (χ4n) is 2.17. The number of nitrogens with one attached hydrogen (secondary N) is 1. The molecule has 2 aromatic heterocycles. The number of carbonyl (C=O) groups is 1. The van der Waals surface area contributed by atoms with Crippen LogP contribution in [0.15, 0.2) is 48.8 Å². The van der Waals surface area contributed by atoms with Crippen molar-refractivity contribution in [1.82, 2.24) is 19.6 Å². The Bertz CT molecular complexity index is 861. The third-order valence-electron chi connectivity index (χ3n) is 3.20. The van der Waals surface area contributed by atoms with E-state index < -0.39 is 12.5 Å². The average molecular weight is 352 g/mol. The molecule has 1 aromatic carbocycles. The number of alkyl halides is 2. The molecule has 6 nitrogen and oxygen atoms in total. The van der Waals surface area contributed by atoms with E-state index in [-0.39, 0.29) is 11.5 Å². The van der Waals surface area contributed by atoms with Crippen LogP contribution in [-0.2, 0) is 6.54 Å². The van der Waals surface area contributed by atoms with E-state index in [1.54, 1.807) is 23.0 Å². The zero-order chi connectivity index (χ0) is 17.1. The number of rotatable bonds is 5. The molecule has 9 heteroatoms. The molecule has 1 amide bonds. The highest BCUT2D eigenvalue weighted by atomic mass is 35.5. The van der Waals surface area contributed by atoms with Gasteiger partial charge in [0.25, 0.3) is 5.91 Å². The lowest BCUT2D eigenvalue weighted by Crippen LogP contribution is -2.18. The first-order valence-electron chi connectivity index (χ1n) is 6.94. The van der Waals surface area contributed by atoms with Gasteiger partial charge in [0.05, 0.1) is 6.54 Å². The van der Waals surface area contributed by atoms with Crippen molar-refractivity contribution in [3.05, 3.63) is 65.1 Å².